The van der Waals surface area contributed by atoms with Crippen molar-refractivity contribution in [3.05, 3.63) is 29.8 Å². The molecular weight excluding hydrogens is 250 g/mol. The molecule has 1 aromatic rings. The minimum absolute atomic E-state index is 0.270. The van der Waals surface area contributed by atoms with Crippen molar-refractivity contribution in [3.8, 4) is 18.1 Å². The third-order valence-electron chi connectivity index (χ3n) is 3.85. The van der Waals surface area contributed by atoms with Gasteiger partial charge in [0.05, 0.1) is 6.10 Å². The highest BCUT2D eigenvalue weighted by molar-refractivity contribution is 5.27. The van der Waals surface area contributed by atoms with E-state index in [9.17, 15) is 5.11 Å². The van der Waals surface area contributed by atoms with Crippen LogP contribution < -0.4 is 4.74 Å². The van der Waals surface area contributed by atoms with Crippen LogP contribution in [0.1, 0.15) is 31.7 Å². The Morgan fingerprint density at radius 2 is 2.15 bits per heavy atom. The van der Waals surface area contributed by atoms with E-state index in [0.29, 0.717) is 6.61 Å². The van der Waals surface area contributed by atoms with E-state index in [1.165, 1.54) is 18.4 Å². The highest BCUT2D eigenvalue weighted by Gasteiger charge is 2.25. The first kappa shape index (κ1) is 14.9. The van der Waals surface area contributed by atoms with Crippen molar-refractivity contribution < 1.29 is 9.84 Å². The molecule has 2 rings (SSSR count). The molecule has 0 radical (unpaired) electrons. The van der Waals surface area contributed by atoms with Crippen LogP contribution >= 0.6 is 0 Å². The molecule has 2 atom stereocenters. The first-order valence-electron chi connectivity index (χ1n) is 7.28. The lowest BCUT2D eigenvalue weighted by Gasteiger charge is -2.37. The van der Waals surface area contributed by atoms with Gasteiger partial charge in [0.2, 0.25) is 0 Å². The summed E-state index contributed by atoms with van der Waals surface area (Å²) in [7, 11) is 0. The third kappa shape index (κ3) is 4.00. The number of rotatable bonds is 5. The van der Waals surface area contributed by atoms with Crippen LogP contribution in [0.25, 0.3) is 0 Å². The second kappa shape index (κ2) is 7.33. The number of terminal acetylenes is 1. The van der Waals surface area contributed by atoms with Crippen LogP contribution in [-0.2, 0) is 6.54 Å². The third-order valence-corrected chi connectivity index (χ3v) is 3.85. The summed E-state index contributed by atoms with van der Waals surface area (Å²) in [6, 6.07) is 8.32. The van der Waals surface area contributed by atoms with Crippen molar-refractivity contribution in [1.29, 1.82) is 0 Å². The van der Waals surface area contributed by atoms with E-state index >= 15 is 0 Å². The minimum atomic E-state index is -0.270. The lowest BCUT2D eigenvalue weighted by atomic mass is 9.97. The topological polar surface area (TPSA) is 32.7 Å². The van der Waals surface area contributed by atoms with Crippen LogP contribution in [-0.4, -0.2) is 35.3 Å². The molecule has 1 aliphatic heterocycles. The van der Waals surface area contributed by atoms with Crippen LogP contribution in [0.15, 0.2) is 24.3 Å². The quantitative estimate of drug-likeness (QED) is 0.836. The molecule has 3 nitrogen and oxygen atoms in total. The van der Waals surface area contributed by atoms with Crippen LogP contribution in [0, 0.1) is 12.3 Å². The molecule has 0 spiro atoms. The Bertz CT molecular complexity index is 447. The smallest absolute Gasteiger partial charge is 0.148 e. The maximum absolute atomic E-state index is 9.89. The van der Waals surface area contributed by atoms with Crippen LogP contribution in [0.3, 0.4) is 0 Å². The van der Waals surface area contributed by atoms with Gasteiger partial charge in [-0.3, -0.25) is 4.90 Å². The predicted molar refractivity (Wildman–Crippen MR) is 80.5 cm³/mol. The van der Waals surface area contributed by atoms with Crippen LogP contribution in [0.2, 0.25) is 0 Å². The number of piperidine rings is 1. The van der Waals surface area contributed by atoms with E-state index < -0.39 is 0 Å². The summed E-state index contributed by atoms with van der Waals surface area (Å²) in [6.45, 7) is 4.13. The summed E-state index contributed by atoms with van der Waals surface area (Å²) >= 11 is 0. The fraction of sp³-hybridized carbons (Fsp3) is 0.529. The van der Waals surface area contributed by atoms with E-state index in [1.54, 1.807) is 0 Å². The number of hydrogen-bond acceptors (Lipinski definition) is 3. The van der Waals surface area contributed by atoms with Crippen molar-refractivity contribution in [2.24, 2.45) is 0 Å². The van der Waals surface area contributed by atoms with Crippen LogP contribution in [0.5, 0.6) is 5.75 Å². The fourth-order valence-electron chi connectivity index (χ4n) is 2.81. The number of ether oxygens (including phenoxy) is 1. The van der Waals surface area contributed by atoms with Gasteiger partial charge in [-0.15, -0.1) is 6.42 Å². The van der Waals surface area contributed by atoms with Crippen molar-refractivity contribution in [2.45, 2.75) is 44.9 Å². The van der Waals surface area contributed by atoms with Gasteiger partial charge in [0.1, 0.15) is 12.4 Å². The normalized spacial score (nSPS) is 21.1. The van der Waals surface area contributed by atoms with Gasteiger partial charge in [-0.1, -0.05) is 24.5 Å². The summed E-state index contributed by atoms with van der Waals surface area (Å²) < 4.78 is 5.37. The van der Waals surface area contributed by atoms with Gasteiger partial charge in [-0.25, -0.2) is 0 Å². The molecule has 3 heteroatoms. The molecule has 20 heavy (non-hydrogen) atoms. The Hall–Kier alpha value is -1.50. The van der Waals surface area contributed by atoms with Gasteiger partial charge in [-0.05, 0) is 44.0 Å². The first-order chi connectivity index (χ1) is 9.70. The van der Waals surface area contributed by atoms with E-state index in [1.807, 2.05) is 19.1 Å². The molecule has 108 valence electrons. The molecule has 1 fully saturated rings. The lowest BCUT2D eigenvalue weighted by Crippen LogP contribution is -2.45. The standard InChI is InChI=1S/C17H23NO2/c1-3-12-20-16-9-7-15(8-10-16)13-18-11-5-4-6-17(18)14(2)19/h1,7-10,14,17,19H,4-6,11-13H2,2H3. The zero-order chi connectivity index (χ0) is 14.4. The highest BCUT2D eigenvalue weighted by atomic mass is 16.5. The summed E-state index contributed by atoms with van der Waals surface area (Å²) in [5, 5.41) is 9.89. The zero-order valence-electron chi connectivity index (χ0n) is 12.1. The number of aliphatic hydroxyl groups is 1. The van der Waals surface area contributed by atoms with Gasteiger partial charge in [0.25, 0.3) is 0 Å². The molecule has 1 heterocycles. The Labute approximate surface area is 121 Å². The number of likely N-dealkylation sites (tertiary alicyclic amines) is 1. The zero-order valence-corrected chi connectivity index (χ0v) is 12.1. The van der Waals surface area contributed by atoms with Crippen molar-refractivity contribution in [3.63, 3.8) is 0 Å². The molecule has 1 aliphatic rings. The molecule has 1 aromatic carbocycles. The van der Waals surface area contributed by atoms with Crippen LogP contribution in [0.4, 0.5) is 0 Å². The van der Waals surface area contributed by atoms with Crippen molar-refractivity contribution in [2.75, 3.05) is 13.2 Å². The van der Waals surface area contributed by atoms with Gasteiger partial charge >= 0.3 is 0 Å². The molecule has 0 aromatic heterocycles. The SMILES string of the molecule is C#CCOc1ccc(CN2CCCCC2C(C)O)cc1. The maximum atomic E-state index is 9.89. The van der Waals surface area contributed by atoms with Gasteiger partial charge < -0.3 is 9.84 Å². The minimum Gasteiger partial charge on any atom is -0.481 e. The van der Waals surface area contributed by atoms with E-state index in [-0.39, 0.29) is 12.1 Å². The number of benzene rings is 1. The molecule has 0 bridgehead atoms. The van der Waals surface area contributed by atoms with E-state index in [4.69, 9.17) is 11.2 Å². The average Bonchev–Trinajstić information content (AvgIpc) is 2.47. The van der Waals surface area contributed by atoms with Gasteiger partial charge in [-0.2, -0.15) is 0 Å². The summed E-state index contributed by atoms with van der Waals surface area (Å²) in [4.78, 5) is 2.38. The molecule has 1 saturated heterocycles. The monoisotopic (exact) mass is 273 g/mol. The number of hydrogen-bond donors (Lipinski definition) is 1. The molecule has 0 aliphatic carbocycles. The van der Waals surface area contributed by atoms with Crippen molar-refractivity contribution in [1.82, 2.24) is 4.90 Å². The maximum Gasteiger partial charge on any atom is 0.148 e. The van der Waals surface area contributed by atoms with E-state index in [0.717, 1.165) is 25.3 Å². The van der Waals surface area contributed by atoms with Gasteiger partial charge in [0, 0.05) is 12.6 Å². The molecule has 1 N–H and O–H groups in total. The lowest BCUT2D eigenvalue weighted by molar-refractivity contribution is 0.0316. The Morgan fingerprint density at radius 1 is 1.40 bits per heavy atom. The molecule has 2 unspecified atom stereocenters. The Balaban J connectivity index is 1.96. The number of aliphatic hydroxyl groups excluding tert-OH is 1. The average molecular weight is 273 g/mol. The highest BCUT2D eigenvalue weighted by Crippen LogP contribution is 2.22. The van der Waals surface area contributed by atoms with Crippen molar-refractivity contribution >= 4 is 0 Å². The van der Waals surface area contributed by atoms with E-state index in [2.05, 4.69) is 23.0 Å². The fourth-order valence-corrected chi connectivity index (χ4v) is 2.81. The second-order valence-corrected chi connectivity index (χ2v) is 5.41. The number of nitrogens with zero attached hydrogens (tertiary/aromatic N) is 1. The summed E-state index contributed by atoms with van der Waals surface area (Å²) in [5.74, 6) is 3.26. The second-order valence-electron chi connectivity index (χ2n) is 5.41. The largest absolute Gasteiger partial charge is 0.481 e. The molecule has 0 saturated carbocycles. The predicted octanol–water partition coefficient (Wildman–Crippen LogP) is 2.43. The van der Waals surface area contributed by atoms with Gasteiger partial charge in [0.15, 0.2) is 0 Å². The Morgan fingerprint density at radius 3 is 2.80 bits per heavy atom. The molecular formula is C17H23NO2. The Kier molecular flexibility index (Phi) is 5.46. The first-order valence-corrected chi connectivity index (χ1v) is 7.28. The molecule has 0 amide bonds. The summed E-state index contributed by atoms with van der Waals surface area (Å²) in [5.41, 5.74) is 1.24. The summed E-state index contributed by atoms with van der Waals surface area (Å²) in [6.07, 6.45) is 8.41.